The van der Waals surface area contributed by atoms with Crippen molar-refractivity contribution in [1.29, 1.82) is 0 Å². The SMILES string of the molecule is CN(C)C=CC(=O)C1(C(=O)Nc2ccc(C(F)(F)F)cc2)CC1. The number of halogens is 3. The Balaban J connectivity index is 2.06. The van der Waals surface area contributed by atoms with Crippen molar-refractivity contribution in [3.8, 4) is 0 Å². The van der Waals surface area contributed by atoms with Crippen LogP contribution in [0.25, 0.3) is 0 Å². The number of nitrogens with one attached hydrogen (secondary N) is 1. The van der Waals surface area contributed by atoms with Gasteiger partial charge in [0.25, 0.3) is 0 Å². The molecule has 0 aromatic heterocycles. The van der Waals surface area contributed by atoms with E-state index in [1.807, 2.05) is 0 Å². The van der Waals surface area contributed by atoms with E-state index in [4.69, 9.17) is 0 Å². The molecule has 1 saturated carbocycles. The summed E-state index contributed by atoms with van der Waals surface area (Å²) in [4.78, 5) is 26.1. The Morgan fingerprint density at radius 3 is 2.17 bits per heavy atom. The van der Waals surface area contributed by atoms with Gasteiger partial charge in [0.05, 0.1) is 5.56 Å². The molecule has 1 aliphatic carbocycles. The van der Waals surface area contributed by atoms with Gasteiger partial charge in [-0.2, -0.15) is 13.2 Å². The van der Waals surface area contributed by atoms with Crippen molar-refractivity contribution >= 4 is 17.4 Å². The van der Waals surface area contributed by atoms with E-state index in [0.29, 0.717) is 12.8 Å². The average Bonchev–Trinajstić information content (AvgIpc) is 3.26. The molecule has 1 aliphatic rings. The molecule has 4 nitrogen and oxygen atoms in total. The number of amides is 1. The number of rotatable bonds is 5. The minimum Gasteiger partial charge on any atom is -0.383 e. The summed E-state index contributed by atoms with van der Waals surface area (Å²) in [6.45, 7) is 0. The van der Waals surface area contributed by atoms with Gasteiger partial charge in [-0.05, 0) is 43.2 Å². The number of carbonyl (C=O) groups is 2. The maximum absolute atomic E-state index is 12.5. The highest BCUT2D eigenvalue weighted by molar-refractivity contribution is 6.17. The third kappa shape index (κ3) is 3.91. The number of carbonyl (C=O) groups excluding carboxylic acids is 2. The van der Waals surface area contributed by atoms with Crippen molar-refractivity contribution < 1.29 is 22.8 Å². The van der Waals surface area contributed by atoms with E-state index in [2.05, 4.69) is 5.32 Å². The lowest BCUT2D eigenvalue weighted by atomic mass is 9.99. The normalized spacial score (nSPS) is 16.2. The number of hydrogen-bond donors (Lipinski definition) is 1. The molecule has 0 radical (unpaired) electrons. The number of ketones is 1. The van der Waals surface area contributed by atoms with E-state index in [1.165, 1.54) is 18.2 Å². The Hall–Kier alpha value is -2.31. The van der Waals surface area contributed by atoms with Crippen LogP contribution in [0.1, 0.15) is 18.4 Å². The zero-order valence-corrected chi connectivity index (χ0v) is 12.8. The number of anilines is 1. The molecule has 0 saturated heterocycles. The van der Waals surface area contributed by atoms with E-state index in [0.717, 1.165) is 12.1 Å². The fourth-order valence-electron chi connectivity index (χ4n) is 2.08. The van der Waals surface area contributed by atoms with Gasteiger partial charge in [-0.15, -0.1) is 0 Å². The van der Waals surface area contributed by atoms with Crippen molar-refractivity contribution in [3.63, 3.8) is 0 Å². The fraction of sp³-hybridized carbons (Fsp3) is 0.375. The predicted octanol–water partition coefficient (Wildman–Crippen LogP) is 3.07. The molecule has 1 aromatic carbocycles. The van der Waals surface area contributed by atoms with Gasteiger partial charge in [0.1, 0.15) is 5.41 Å². The Morgan fingerprint density at radius 2 is 1.74 bits per heavy atom. The zero-order valence-electron chi connectivity index (χ0n) is 12.8. The Labute approximate surface area is 132 Å². The first-order valence-electron chi connectivity index (χ1n) is 7.03. The molecular formula is C16H17F3N2O2. The summed E-state index contributed by atoms with van der Waals surface area (Å²) in [6, 6.07) is 4.14. The van der Waals surface area contributed by atoms with Crippen LogP contribution in [0.3, 0.4) is 0 Å². The van der Waals surface area contributed by atoms with Crippen LogP contribution in [-0.2, 0) is 15.8 Å². The zero-order chi connectivity index (χ0) is 17.3. The number of hydrogen-bond acceptors (Lipinski definition) is 3. The van der Waals surface area contributed by atoms with E-state index in [9.17, 15) is 22.8 Å². The second kappa shape index (κ2) is 6.06. The van der Waals surface area contributed by atoms with Gasteiger partial charge in [0.15, 0.2) is 5.78 Å². The summed E-state index contributed by atoms with van der Waals surface area (Å²) in [6.07, 6.45) is -0.632. The lowest BCUT2D eigenvalue weighted by Gasteiger charge is -2.14. The molecule has 124 valence electrons. The van der Waals surface area contributed by atoms with E-state index in [-0.39, 0.29) is 11.5 Å². The van der Waals surface area contributed by atoms with Crippen LogP contribution in [-0.4, -0.2) is 30.7 Å². The molecule has 0 aliphatic heterocycles. The first-order valence-corrected chi connectivity index (χ1v) is 7.03. The van der Waals surface area contributed by atoms with E-state index >= 15 is 0 Å². The lowest BCUT2D eigenvalue weighted by molar-refractivity contribution is -0.137. The van der Waals surface area contributed by atoms with Crippen LogP contribution < -0.4 is 5.32 Å². The van der Waals surface area contributed by atoms with Crippen LogP contribution in [0.15, 0.2) is 36.5 Å². The fourth-order valence-corrected chi connectivity index (χ4v) is 2.08. The topological polar surface area (TPSA) is 49.4 Å². The average molecular weight is 326 g/mol. The van der Waals surface area contributed by atoms with Gasteiger partial charge < -0.3 is 10.2 Å². The minimum absolute atomic E-state index is 0.235. The molecule has 0 bridgehead atoms. The standard InChI is InChI=1S/C16H17F3N2O2/c1-21(2)10-7-13(22)15(8-9-15)14(23)20-12-5-3-11(4-6-12)16(17,18)19/h3-7,10H,8-9H2,1-2H3,(H,20,23). The maximum Gasteiger partial charge on any atom is 0.416 e. The predicted molar refractivity (Wildman–Crippen MR) is 79.6 cm³/mol. The highest BCUT2D eigenvalue weighted by Gasteiger charge is 2.55. The lowest BCUT2D eigenvalue weighted by Crippen LogP contribution is -2.30. The highest BCUT2D eigenvalue weighted by Crippen LogP contribution is 2.47. The van der Waals surface area contributed by atoms with Crippen LogP contribution in [0, 0.1) is 5.41 Å². The van der Waals surface area contributed by atoms with Crippen LogP contribution in [0.5, 0.6) is 0 Å². The molecule has 7 heteroatoms. The Kier molecular flexibility index (Phi) is 4.49. The minimum atomic E-state index is -4.42. The van der Waals surface area contributed by atoms with Crippen molar-refractivity contribution in [1.82, 2.24) is 4.90 Å². The first-order chi connectivity index (χ1) is 10.6. The molecule has 0 spiro atoms. The van der Waals surface area contributed by atoms with Gasteiger partial charge in [-0.25, -0.2) is 0 Å². The monoisotopic (exact) mass is 326 g/mol. The smallest absolute Gasteiger partial charge is 0.383 e. The van der Waals surface area contributed by atoms with Crippen molar-refractivity contribution in [2.75, 3.05) is 19.4 Å². The second-order valence-electron chi connectivity index (χ2n) is 5.75. The van der Waals surface area contributed by atoms with Crippen molar-refractivity contribution in [2.45, 2.75) is 19.0 Å². The van der Waals surface area contributed by atoms with Gasteiger partial charge in [-0.1, -0.05) is 0 Å². The molecule has 23 heavy (non-hydrogen) atoms. The van der Waals surface area contributed by atoms with E-state index in [1.54, 1.807) is 25.2 Å². The number of alkyl halides is 3. The largest absolute Gasteiger partial charge is 0.416 e. The molecule has 1 N–H and O–H groups in total. The number of allylic oxidation sites excluding steroid dienone is 1. The summed E-state index contributed by atoms with van der Waals surface area (Å²) >= 11 is 0. The molecule has 0 unspecified atom stereocenters. The van der Waals surface area contributed by atoms with Crippen LogP contribution >= 0.6 is 0 Å². The molecule has 2 rings (SSSR count). The van der Waals surface area contributed by atoms with Crippen molar-refractivity contribution in [2.24, 2.45) is 5.41 Å². The molecule has 0 heterocycles. The van der Waals surface area contributed by atoms with Gasteiger partial charge >= 0.3 is 6.18 Å². The summed E-state index contributed by atoms with van der Waals surface area (Å²) in [5, 5.41) is 2.52. The third-order valence-electron chi connectivity index (χ3n) is 3.65. The number of benzene rings is 1. The summed E-state index contributed by atoms with van der Waals surface area (Å²) < 4.78 is 37.5. The second-order valence-corrected chi connectivity index (χ2v) is 5.75. The molecule has 0 atom stereocenters. The third-order valence-corrected chi connectivity index (χ3v) is 3.65. The quantitative estimate of drug-likeness (QED) is 0.668. The molecule has 1 amide bonds. The summed E-state index contributed by atoms with van der Waals surface area (Å²) in [5.74, 6) is -0.777. The summed E-state index contributed by atoms with van der Waals surface area (Å²) in [5.41, 5.74) is -1.64. The molecule has 1 fully saturated rings. The van der Waals surface area contributed by atoms with Crippen molar-refractivity contribution in [3.05, 3.63) is 42.1 Å². The van der Waals surface area contributed by atoms with Gasteiger partial charge in [0, 0.05) is 26.0 Å². The van der Waals surface area contributed by atoms with E-state index < -0.39 is 23.1 Å². The Morgan fingerprint density at radius 1 is 1.17 bits per heavy atom. The van der Waals surface area contributed by atoms with Gasteiger partial charge in [0.2, 0.25) is 5.91 Å². The highest BCUT2D eigenvalue weighted by atomic mass is 19.4. The first kappa shape index (κ1) is 17.1. The Bertz CT molecular complexity index is 630. The number of nitrogens with zero attached hydrogens (tertiary/aromatic N) is 1. The van der Waals surface area contributed by atoms with Crippen LogP contribution in [0.4, 0.5) is 18.9 Å². The van der Waals surface area contributed by atoms with Crippen LogP contribution in [0.2, 0.25) is 0 Å². The maximum atomic E-state index is 12.5. The molecular weight excluding hydrogens is 309 g/mol. The molecule has 1 aromatic rings. The van der Waals surface area contributed by atoms with Gasteiger partial charge in [-0.3, -0.25) is 9.59 Å². The summed E-state index contributed by atoms with van der Waals surface area (Å²) in [7, 11) is 3.51.